The Morgan fingerprint density at radius 2 is 1.76 bits per heavy atom. The fourth-order valence-electron chi connectivity index (χ4n) is 3.55. The Hall–Kier alpha value is -3.56. The van der Waals surface area contributed by atoms with Gasteiger partial charge in [-0.2, -0.15) is 0 Å². The van der Waals surface area contributed by atoms with E-state index in [-0.39, 0.29) is 11.5 Å². The van der Waals surface area contributed by atoms with Gasteiger partial charge in [0.1, 0.15) is 6.61 Å². The van der Waals surface area contributed by atoms with Gasteiger partial charge in [0, 0.05) is 11.0 Å². The highest BCUT2D eigenvalue weighted by molar-refractivity contribution is 9.10. The van der Waals surface area contributed by atoms with E-state index < -0.39 is 5.97 Å². The minimum absolute atomic E-state index is 0.137. The molecule has 7 nitrogen and oxygen atoms in total. The molecule has 0 radical (unpaired) electrons. The van der Waals surface area contributed by atoms with Gasteiger partial charge < -0.3 is 14.6 Å². The fraction of sp³-hybridized carbons (Fsp3) is 0.179. The van der Waals surface area contributed by atoms with Gasteiger partial charge in [-0.1, -0.05) is 34.1 Å². The lowest BCUT2D eigenvalue weighted by Gasteiger charge is -2.13. The molecule has 1 amide bonds. The smallest absolute Gasteiger partial charge is 0.335 e. The molecule has 1 saturated heterocycles. The number of carboxylic acid groups (broad SMARTS) is 1. The monoisotopic (exact) mass is 580 g/mol. The quantitative estimate of drug-likeness (QED) is 0.282. The second-order valence-electron chi connectivity index (χ2n) is 7.96. The van der Waals surface area contributed by atoms with Crippen LogP contribution in [0.4, 0.5) is 5.69 Å². The number of thioether (sulfide) groups is 1. The van der Waals surface area contributed by atoms with E-state index in [1.165, 1.54) is 23.9 Å². The zero-order valence-corrected chi connectivity index (χ0v) is 22.7. The molecule has 1 aliphatic rings. The summed E-state index contributed by atoms with van der Waals surface area (Å²) in [5.41, 5.74) is 2.60. The van der Waals surface area contributed by atoms with E-state index in [0.29, 0.717) is 47.0 Å². The largest absolute Gasteiger partial charge is 0.490 e. The van der Waals surface area contributed by atoms with E-state index in [2.05, 4.69) is 20.9 Å². The Kier molecular flexibility index (Phi) is 8.68. The summed E-state index contributed by atoms with van der Waals surface area (Å²) in [6.45, 7) is 5.13. The highest BCUT2D eigenvalue weighted by Gasteiger charge is 2.32. The van der Waals surface area contributed by atoms with Crippen molar-refractivity contribution in [1.82, 2.24) is 4.90 Å². The summed E-state index contributed by atoms with van der Waals surface area (Å²) in [5.74, 6) is 0.0897. The number of carbonyl (C=O) groups excluding carboxylic acids is 1. The Morgan fingerprint density at radius 1 is 1.03 bits per heavy atom. The molecule has 3 aromatic rings. The maximum absolute atomic E-state index is 13.1. The van der Waals surface area contributed by atoms with Crippen LogP contribution >= 0.6 is 27.7 Å². The molecular formula is C28H25BrN2O5S. The van der Waals surface area contributed by atoms with Crippen molar-refractivity contribution in [3.8, 4) is 11.5 Å². The third-order valence-corrected chi connectivity index (χ3v) is 6.95. The average Bonchev–Trinajstić information content (AvgIpc) is 3.18. The number of halogens is 1. The van der Waals surface area contributed by atoms with Gasteiger partial charge in [0.2, 0.25) is 0 Å². The number of hydrogen-bond acceptors (Lipinski definition) is 6. The van der Waals surface area contributed by atoms with Gasteiger partial charge in [-0.15, -0.1) is 0 Å². The van der Waals surface area contributed by atoms with Gasteiger partial charge in [-0.3, -0.25) is 9.69 Å². The molecule has 1 aliphatic heterocycles. The van der Waals surface area contributed by atoms with Crippen LogP contribution in [0.1, 0.15) is 35.3 Å². The van der Waals surface area contributed by atoms with Crippen molar-refractivity contribution in [3.05, 3.63) is 92.8 Å². The number of ether oxygens (including phenoxy) is 2. The molecule has 0 spiro atoms. The summed E-state index contributed by atoms with van der Waals surface area (Å²) < 4.78 is 12.8. The molecule has 9 heteroatoms. The van der Waals surface area contributed by atoms with Crippen LogP contribution in [-0.4, -0.2) is 40.2 Å². The number of carboxylic acids is 1. The molecule has 1 heterocycles. The molecule has 0 saturated carbocycles. The first kappa shape index (κ1) is 26.5. The lowest BCUT2D eigenvalue weighted by molar-refractivity contribution is -0.122. The van der Waals surface area contributed by atoms with Crippen LogP contribution in [0.3, 0.4) is 0 Å². The van der Waals surface area contributed by atoms with Crippen molar-refractivity contribution in [2.24, 2.45) is 4.99 Å². The number of amides is 1. The Bertz CT molecular complexity index is 1350. The van der Waals surface area contributed by atoms with Gasteiger partial charge >= 0.3 is 5.97 Å². The first-order valence-electron chi connectivity index (χ1n) is 11.7. The molecule has 190 valence electrons. The standard InChI is InChI=1S/C28H25BrN2O5S/c1-3-31-26(32)25(37-28(31)30-22-12-8-20(9-13-22)27(33)34)16-19-7-14-23(24(15-19)35-4-2)36-17-18-5-10-21(29)11-6-18/h5-16H,3-4,17H2,1-2H3,(H,33,34)/b25-16-,30-28?. The van der Waals surface area contributed by atoms with Crippen molar-refractivity contribution in [2.75, 3.05) is 13.2 Å². The lowest BCUT2D eigenvalue weighted by atomic mass is 10.1. The summed E-state index contributed by atoms with van der Waals surface area (Å²) in [4.78, 5) is 30.9. The van der Waals surface area contributed by atoms with Gasteiger partial charge in [0.15, 0.2) is 16.7 Å². The molecule has 37 heavy (non-hydrogen) atoms. The predicted octanol–water partition coefficient (Wildman–Crippen LogP) is 6.75. The Balaban J connectivity index is 1.55. The molecule has 4 rings (SSSR count). The van der Waals surface area contributed by atoms with Crippen LogP contribution in [-0.2, 0) is 11.4 Å². The molecule has 0 atom stereocenters. The maximum Gasteiger partial charge on any atom is 0.335 e. The van der Waals surface area contributed by atoms with E-state index in [1.54, 1.807) is 17.0 Å². The normalized spacial score (nSPS) is 15.4. The van der Waals surface area contributed by atoms with Gasteiger partial charge in [0.05, 0.1) is 22.8 Å². The number of carbonyl (C=O) groups is 2. The second-order valence-corrected chi connectivity index (χ2v) is 9.89. The number of amidine groups is 1. The van der Waals surface area contributed by atoms with E-state index in [4.69, 9.17) is 14.6 Å². The minimum Gasteiger partial charge on any atom is -0.490 e. The third-order valence-electron chi connectivity index (χ3n) is 5.42. The molecular weight excluding hydrogens is 556 g/mol. The van der Waals surface area contributed by atoms with E-state index in [0.717, 1.165) is 15.6 Å². The van der Waals surface area contributed by atoms with Gasteiger partial charge in [-0.25, -0.2) is 9.79 Å². The second kappa shape index (κ2) is 12.1. The average molecular weight is 581 g/mol. The topological polar surface area (TPSA) is 88.4 Å². The predicted molar refractivity (Wildman–Crippen MR) is 150 cm³/mol. The number of hydrogen-bond donors (Lipinski definition) is 1. The van der Waals surface area contributed by atoms with Crippen LogP contribution in [0.5, 0.6) is 11.5 Å². The first-order chi connectivity index (χ1) is 17.9. The van der Waals surface area contributed by atoms with Crippen LogP contribution in [0.15, 0.2) is 81.1 Å². The Labute approximate surface area is 227 Å². The summed E-state index contributed by atoms with van der Waals surface area (Å²) in [6.07, 6.45) is 1.81. The van der Waals surface area contributed by atoms with Crippen LogP contribution < -0.4 is 9.47 Å². The number of aliphatic imine (C=N–C) groups is 1. The van der Waals surface area contributed by atoms with Crippen molar-refractivity contribution >= 4 is 56.5 Å². The van der Waals surface area contributed by atoms with Crippen molar-refractivity contribution in [3.63, 3.8) is 0 Å². The molecule has 1 fully saturated rings. The lowest BCUT2D eigenvalue weighted by Crippen LogP contribution is -2.28. The zero-order valence-electron chi connectivity index (χ0n) is 20.3. The van der Waals surface area contributed by atoms with Gasteiger partial charge in [0.25, 0.3) is 5.91 Å². The fourth-order valence-corrected chi connectivity index (χ4v) is 4.88. The number of likely N-dealkylation sites (N-methyl/N-ethyl adjacent to an activating group) is 1. The maximum atomic E-state index is 13.1. The molecule has 0 aromatic heterocycles. The van der Waals surface area contributed by atoms with Crippen LogP contribution in [0.25, 0.3) is 6.08 Å². The third kappa shape index (κ3) is 6.61. The highest BCUT2D eigenvalue weighted by atomic mass is 79.9. The van der Waals surface area contributed by atoms with Gasteiger partial charge in [-0.05, 0) is 91.3 Å². The zero-order chi connectivity index (χ0) is 26.4. The molecule has 1 N–H and O–H groups in total. The van der Waals surface area contributed by atoms with Crippen LogP contribution in [0, 0.1) is 0 Å². The van der Waals surface area contributed by atoms with E-state index >= 15 is 0 Å². The number of rotatable bonds is 9. The summed E-state index contributed by atoms with van der Waals surface area (Å²) in [6, 6.07) is 19.7. The van der Waals surface area contributed by atoms with E-state index in [9.17, 15) is 9.59 Å². The van der Waals surface area contributed by atoms with Crippen molar-refractivity contribution < 1.29 is 24.2 Å². The SMILES string of the molecule is CCOc1cc(/C=C2\SC(=Nc3ccc(C(=O)O)cc3)N(CC)C2=O)ccc1OCc1ccc(Br)cc1. The molecule has 3 aromatic carbocycles. The summed E-state index contributed by atoms with van der Waals surface area (Å²) >= 11 is 4.71. The first-order valence-corrected chi connectivity index (χ1v) is 13.3. The summed E-state index contributed by atoms with van der Waals surface area (Å²) in [7, 11) is 0. The molecule has 0 bridgehead atoms. The molecule has 0 aliphatic carbocycles. The Morgan fingerprint density at radius 3 is 2.41 bits per heavy atom. The van der Waals surface area contributed by atoms with Crippen molar-refractivity contribution in [2.45, 2.75) is 20.5 Å². The number of nitrogens with zero attached hydrogens (tertiary/aromatic N) is 2. The number of aromatic carboxylic acids is 1. The van der Waals surface area contributed by atoms with E-state index in [1.807, 2.05) is 62.4 Å². The molecule has 0 unspecified atom stereocenters. The number of benzene rings is 3. The van der Waals surface area contributed by atoms with Crippen LogP contribution in [0.2, 0.25) is 0 Å². The highest BCUT2D eigenvalue weighted by Crippen LogP contribution is 2.36. The minimum atomic E-state index is -0.999. The van der Waals surface area contributed by atoms with Crippen molar-refractivity contribution in [1.29, 1.82) is 0 Å². The summed E-state index contributed by atoms with van der Waals surface area (Å²) in [5, 5.41) is 9.64.